The topological polar surface area (TPSA) is 155 Å². The number of imide groups is 1. The van der Waals surface area contributed by atoms with Crippen LogP contribution < -0.4 is 0 Å². The highest BCUT2D eigenvalue weighted by Gasteiger charge is 2.41. The molecule has 1 aliphatic heterocycles. The third-order valence-electron chi connectivity index (χ3n) is 8.78. The number of hydrogen-bond acceptors (Lipinski definition) is 10. The van der Waals surface area contributed by atoms with E-state index in [1.807, 2.05) is 91.0 Å². The highest BCUT2D eigenvalue weighted by atomic mass is 16.6. The predicted molar refractivity (Wildman–Crippen MR) is 218 cm³/mol. The molecule has 12 nitrogen and oxygen atoms in total. The summed E-state index contributed by atoms with van der Waals surface area (Å²) in [5.74, 6) is -3.75. The molecule has 1 heterocycles. The molecule has 3 aromatic carbocycles. The van der Waals surface area contributed by atoms with Gasteiger partial charge in [0.15, 0.2) is 0 Å². The molecule has 2 unspecified atom stereocenters. The maximum atomic E-state index is 13.5. The Morgan fingerprint density at radius 1 is 0.672 bits per heavy atom. The standard InChI is InChI=1S/C28H35NO6.C18H26O5/c1-28(2,3)35-25(30)18-23(15-10-16-33-19-22-13-8-5-9-14-22)26(31)29-24(20-34-27(29)32)17-21-11-6-4-7-12-21;1-18(2,3)23-16(19)12-15(17(20)21)10-7-11-22-13-14-8-5-4-6-9-14/h4-9,11-14,23-24H,10,15-20H2,1-3H3;4-6,8-9,15H,7,10-13H2,1-3H3,(H,20,21)/t23?,24-;/m1./s1. The van der Waals surface area contributed by atoms with Gasteiger partial charge in [0.25, 0.3) is 0 Å². The molecule has 0 spiro atoms. The molecule has 1 N–H and O–H groups in total. The van der Waals surface area contributed by atoms with Crippen LogP contribution in [0.4, 0.5) is 4.79 Å². The summed E-state index contributed by atoms with van der Waals surface area (Å²) >= 11 is 0. The van der Waals surface area contributed by atoms with Gasteiger partial charge in [-0.05, 0) is 90.3 Å². The Kier molecular flexibility index (Phi) is 19.6. The largest absolute Gasteiger partial charge is 0.481 e. The fourth-order valence-electron chi connectivity index (χ4n) is 6.15. The van der Waals surface area contributed by atoms with Crippen LogP contribution in [0.15, 0.2) is 91.0 Å². The van der Waals surface area contributed by atoms with E-state index in [2.05, 4.69) is 0 Å². The summed E-state index contributed by atoms with van der Waals surface area (Å²) in [4.78, 5) is 62.8. The molecule has 0 aliphatic carbocycles. The lowest BCUT2D eigenvalue weighted by Crippen LogP contribution is -2.44. The lowest BCUT2D eigenvalue weighted by Gasteiger charge is -2.26. The van der Waals surface area contributed by atoms with Gasteiger partial charge in [0.2, 0.25) is 5.91 Å². The van der Waals surface area contributed by atoms with Crippen molar-refractivity contribution in [3.05, 3.63) is 108 Å². The van der Waals surface area contributed by atoms with E-state index in [0.29, 0.717) is 58.5 Å². The van der Waals surface area contributed by atoms with Gasteiger partial charge in [0.1, 0.15) is 17.8 Å². The number of carboxylic acids is 1. The summed E-state index contributed by atoms with van der Waals surface area (Å²) < 4.78 is 27.1. The summed E-state index contributed by atoms with van der Waals surface area (Å²) in [6.07, 6.45) is 1.58. The highest BCUT2D eigenvalue weighted by Crippen LogP contribution is 2.25. The molecule has 0 bridgehead atoms. The molecule has 3 atom stereocenters. The average Bonchev–Trinajstić information content (AvgIpc) is 3.52. The minimum Gasteiger partial charge on any atom is -0.481 e. The maximum absolute atomic E-state index is 13.5. The zero-order chi connectivity index (χ0) is 42.6. The predicted octanol–water partition coefficient (Wildman–Crippen LogP) is 8.34. The first-order valence-electron chi connectivity index (χ1n) is 19.9. The van der Waals surface area contributed by atoms with Crippen molar-refractivity contribution in [3.63, 3.8) is 0 Å². The number of esters is 2. The van der Waals surface area contributed by atoms with Gasteiger partial charge in [0, 0.05) is 19.1 Å². The van der Waals surface area contributed by atoms with Crippen LogP contribution in [-0.4, -0.2) is 77.0 Å². The maximum Gasteiger partial charge on any atom is 0.416 e. The van der Waals surface area contributed by atoms with E-state index in [9.17, 15) is 29.1 Å². The van der Waals surface area contributed by atoms with E-state index in [0.717, 1.165) is 16.7 Å². The number of nitrogens with zero attached hydrogens (tertiary/aromatic N) is 1. The van der Waals surface area contributed by atoms with Crippen molar-refractivity contribution in [2.24, 2.45) is 11.8 Å². The number of carbonyl (C=O) groups is 5. The molecular formula is C46H61NO11. The lowest BCUT2D eigenvalue weighted by atomic mass is 9.96. The molecule has 4 rings (SSSR count). The van der Waals surface area contributed by atoms with Gasteiger partial charge in [-0.25, -0.2) is 9.69 Å². The van der Waals surface area contributed by atoms with Crippen molar-refractivity contribution < 1.29 is 52.8 Å². The molecular weight excluding hydrogens is 743 g/mol. The minimum atomic E-state index is -0.973. The van der Waals surface area contributed by atoms with Crippen LogP contribution in [0.3, 0.4) is 0 Å². The van der Waals surface area contributed by atoms with Crippen molar-refractivity contribution in [3.8, 4) is 0 Å². The number of carboxylic acid groups (broad SMARTS) is 1. The smallest absolute Gasteiger partial charge is 0.416 e. The first kappa shape index (κ1) is 47.3. The molecule has 0 saturated carbocycles. The Morgan fingerprint density at radius 2 is 1.09 bits per heavy atom. The van der Waals surface area contributed by atoms with Crippen LogP contribution in [0.1, 0.15) is 96.8 Å². The number of aliphatic carboxylic acids is 1. The number of cyclic esters (lactones) is 1. The minimum absolute atomic E-state index is 0.101. The van der Waals surface area contributed by atoms with Crippen molar-refractivity contribution >= 4 is 29.9 Å². The van der Waals surface area contributed by atoms with E-state index >= 15 is 0 Å². The highest BCUT2D eigenvalue weighted by molar-refractivity contribution is 5.96. The summed E-state index contributed by atoms with van der Waals surface area (Å²) in [6.45, 7) is 12.7. The number of hydrogen-bond donors (Lipinski definition) is 1. The number of carbonyl (C=O) groups excluding carboxylic acids is 4. The molecule has 1 fully saturated rings. The van der Waals surface area contributed by atoms with Crippen LogP contribution in [-0.2, 0) is 62.5 Å². The van der Waals surface area contributed by atoms with E-state index in [4.69, 9.17) is 23.7 Å². The van der Waals surface area contributed by atoms with Crippen LogP contribution in [0.2, 0.25) is 0 Å². The van der Waals surface area contributed by atoms with Gasteiger partial charge in [-0.3, -0.25) is 19.2 Å². The van der Waals surface area contributed by atoms with Crippen molar-refractivity contribution in [1.29, 1.82) is 0 Å². The van der Waals surface area contributed by atoms with E-state index in [1.54, 1.807) is 41.5 Å². The third-order valence-corrected chi connectivity index (χ3v) is 8.78. The van der Waals surface area contributed by atoms with Gasteiger partial charge < -0.3 is 28.8 Å². The van der Waals surface area contributed by atoms with Crippen LogP contribution in [0.25, 0.3) is 0 Å². The Bertz CT molecular complexity index is 1700. The number of benzene rings is 3. The summed E-state index contributed by atoms with van der Waals surface area (Å²) in [5.41, 5.74) is 1.89. The molecule has 1 aliphatic rings. The van der Waals surface area contributed by atoms with E-state index < -0.39 is 59.0 Å². The van der Waals surface area contributed by atoms with Gasteiger partial charge >= 0.3 is 24.0 Å². The summed E-state index contributed by atoms with van der Waals surface area (Å²) in [6, 6.07) is 28.9. The number of amides is 2. The normalized spacial score (nSPS) is 15.0. The summed E-state index contributed by atoms with van der Waals surface area (Å²) in [5, 5.41) is 9.21. The second kappa shape index (κ2) is 24.0. The Morgan fingerprint density at radius 3 is 1.52 bits per heavy atom. The molecule has 3 aromatic rings. The summed E-state index contributed by atoms with van der Waals surface area (Å²) in [7, 11) is 0. The molecule has 12 heteroatoms. The van der Waals surface area contributed by atoms with Crippen molar-refractivity contribution in [2.45, 2.75) is 117 Å². The second-order valence-electron chi connectivity index (χ2n) is 16.3. The molecule has 316 valence electrons. The molecule has 0 aromatic heterocycles. The van der Waals surface area contributed by atoms with Gasteiger partial charge in [-0.1, -0.05) is 91.0 Å². The average molecular weight is 804 g/mol. The molecule has 2 amide bonds. The van der Waals surface area contributed by atoms with Gasteiger partial charge in [-0.15, -0.1) is 0 Å². The zero-order valence-corrected chi connectivity index (χ0v) is 34.9. The third kappa shape index (κ3) is 18.9. The quantitative estimate of drug-likeness (QED) is 0.0666. The number of ether oxygens (including phenoxy) is 5. The van der Waals surface area contributed by atoms with Crippen LogP contribution in [0.5, 0.6) is 0 Å². The van der Waals surface area contributed by atoms with Crippen LogP contribution in [0, 0.1) is 11.8 Å². The first-order valence-corrected chi connectivity index (χ1v) is 19.9. The first-order chi connectivity index (χ1) is 27.5. The van der Waals surface area contributed by atoms with Crippen molar-refractivity contribution in [2.75, 3.05) is 19.8 Å². The fourth-order valence-corrected chi connectivity index (χ4v) is 6.15. The van der Waals surface area contributed by atoms with Crippen LogP contribution >= 0.6 is 0 Å². The van der Waals surface area contributed by atoms with Crippen molar-refractivity contribution in [1.82, 2.24) is 4.90 Å². The Balaban J connectivity index is 0.000000340. The molecule has 58 heavy (non-hydrogen) atoms. The number of rotatable bonds is 20. The SMILES string of the molecule is CC(C)(C)OC(=O)CC(CCCOCc1ccccc1)C(=O)N1C(=O)OC[C@H]1Cc1ccccc1.CC(C)(C)OC(=O)CC(CCCOCc1ccccc1)C(=O)O. The Hall–Kier alpha value is -5.07. The monoisotopic (exact) mass is 803 g/mol. The second-order valence-corrected chi connectivity index (χ2v) is 16.3. The lowest BCUT2D eigenvalue weighted by molar-refractivity contribution is -0.160. The fraction of sp³-hybridized carbons (Fsp3) is 0.500. The van der Waals surface area contributed by atoms with E-state index in [1.165, 1.54) is 4.90 Å². The van der Waals surface area contributed by atoms with Gasteiger partial charge in [0.05, 0.1) is 38.0 Å². The van der Waals surface area contributed by atoms with Gasteiger partial charge in [-0.2, -0.15) is 0 Å². The zero-order valence-electron chi connectivity index (χ0n) is 34.9. The van der Waals surface area contributed by atoms with E-state index in [-0.39, 0.29) is 19.4 Å². The molecule has 1 saturated heterocycles. The molecule has 0 radical (unpaired) electrons. The Labute approximate surface area is 343 Å².